The van der Waals surface area contributed by atoms with E-state index in [0.717, 1.165) is 16.9 Å². The maximum Gasteiger partial charge on any atom is 0.306 e. The van der Waals surface area contributed by atoms with Crippen molar-refractivity contribution in [2.24, 2.45) is 11.8 Å². The van der Waals surface area contributed by atoms with Crippen molar-refractivity contribution in [2.75, 3.05) is 0 Å². The molecule has 0 atom stereocenters. The molecule has 1 saturated carbocycles. The average molecular weight is 339 g/mol. The number of para-hydroxylation sites is 1. The number of amides is 1. The summed E-state index contributed by atoms with van der Waals surface area (Å²) in [6.07, 6.45) is 0.861. The van der Waals surface area contributed by atoms with Crippen LogP contribution in [0.5, 0.6) is 5.75 Å². The van der Waals surface area contributed by atoms with E-state index in [4.69, 9.17) is 9.84 Å². The molecule has 25 heavy (non-hydrogen) atoms. The van der Waals surface area contributed by atoms with Gasteiger partial charge in [0, 0.05) is 12.5 Å². The van der Waals surface area contributed by atoms with Gasteiger partial charge in [-0.05, 0) is 36.1 Å². The maximum absolute atomic E-state index is 12.1. The molecule has 0 saturated heterocycles. The van der Waals surface area contributed by atoms with Gasteiger partial charge in [-0.1, -0.05) is 42.5 Å². The van der Waals surface area contributed by atoms with Crippen molar-refractivity contribution in [3.63, 3.8) is 0 Å². The van der Waals surface area contributed by atoms with Crippen LogP contribution in [0, 0.1) is 11.8 Å². The summed E-state index contributed by atoms with van der Waals surface area (Å²) >= 11 is 0. The van der Waals surface area contributed by atoms with Crippen LogP contribution in [0.4, 0.5) is 0 Å². The minimum atomic E-state index is -0.813. The third kappa shape index (κ3) is 4.38. The van der Waals surface area contributed by atoms with Crippen LogP contribution in [0.15, 0.2) is 54.6 Å². The van der Waals surface area contributed by atoms with Crippen LogP contribution in [0.2, 0.25) is 0 Å². The summed E-state index contributed by atoms with van der Waals surface area (Å²) in [5.41, 5.74) is 2.02. The van der Waals surface area contributed by atoms with Crippen LogP contribution in [0.1, 0.15) is 24.0 Å². The molecule has 0 radical (unpaired) electrons. The van der Waals surface area contributed by atoms with E-state index < -0.39 is 5.97 Å². The molecule has 0 bridgehead atoms. The summed E-state index contributed by atoms with van der Waals surface area (Å²) < 4.78 is 5.78. The van der Waals surface area contributed by atoms with Gasteiger partial charge in [-0.2, -0.15) is 0 Å². The molecule has 2 aromatic rings. The number of ether oxygens (including phenoxy) is 1. The van der Waals surface area contributed by atoms with Crippen molar-refractivity contribution in [1.29, 1.82) is 0 Å². The zero-order valence-electron chi connectivity index (χ0n) is 13.9. The Hall–Kier alpha value is -2.82. The standard InChI is InChI=1S/C20H21NO4/c22-19(16-10-17(11-16)20(23)24)21-12-14-6-4-5-7-15(14)13-25-18-8-2-1-3-9-18/h1-9,16-17H,10-13H2,(H,21,22)(H,23,24). The van der Waals surface area contributed by atoms with Crippen LogP contribution in [-0.4, -0.2) is 17.0 Å². The summed E-state index contributed by atoms with van der Waals surface area (Å²) in [7, 11) is 0. The maximum atomic E-state index is 12.1. The smallest absolute Gasteiger partial charge is 0.306 e. The Morgan fingerprint density at radius 3 is 2.28 bits per heavy atom. The summed E-state index contributed by atoms with van der Waals surface area (Å²) in [4.78, 5) is 22.9. The Labute approximate surface area is 146 Å². The zero-order valence-corrected chi connectivity index (χ0v) is 13.9. The van der Waals surface area contributed by atoms with Gasteiger partial charge in [0.05, 0.1) is 5.92 Å². The topological polar surface area (TPSA) is 75.6 Å². The highest BCUT2D eigenvalue weighted by Gasteiger charge is 2.38. The summed E-state index contributed by atoms with van der Waals surface area (Å²) in [5, 5.41) is 11.8. The molecule has 0 aromatic heterocycles. The number of carboxylic acids is 1. The Morgan fingerprint density at radius 1 is 0.960 bits per heavy atom. The third-order valence-corrected chi connectivity index (χ3v) is 4.57. The lowest BCUT2D eigenvalue weighted by Gasteiger charge is -2.31. The van der Waals surface area contributed by atoms with E-state index in [2.05, 4.69) is 5.32 Å². The van der Waals surface area contributed by atoms with Gasteiger partial charge in [-0.3, -0.25) is 9.59 Å². The second kappa shape index (κ2) is 7.83. The van der Waals surface area contributed by atoms with E-state index in [-0.39, 0.29) is 17.7 Å². The van der Waals surface area contributed by atoms with Crippen molar-refractivity contribution >= 4 is 11.9 Å². The second-order valence-corrected chi connectivity index (χ2v) is 6.29. The minimum absolute atomic E-state index is 0.0729. The monoisotopic (exact) mass is 339 g/mol. The molecule has 1 aliphatic carbocycles. The molecule has 0 unspecified atom stereocenters. The first kappa shape index (κ1) is 17.0. The van der Waals surface area contributed by atoms with Crippen molar-refractivity contribution in [1.82, 2.24) is 5.32 Å². The second-order valence-electron chi connectivity index (χ2n) is 6.29. The Bertz CT molecular complexity index is 738. The van der Waals surface area contributed by atoms with Crippen LogP contribution in [-0.2, 0) is 22.7 Å². The van der Waals surface area contributed by atoms with Crippen LogP contribution in [0.25, 0.3) is 0 Å². The molecule has 130 valence electrons. The van der Waals surface area contributed by atoms with Gasteiger partial charge in [0.15, 0.2) is 0 Å². The number of rotatable bonds is 7. The molecule has 0 aliphatic heterocycles. The highest BCUT2D eigenvalue weighted by atomic mass is 16.5. The molecule has 3 rings (SSSR count). The predicted octanol–water partition coefficient (Wildman–Crippen LogP) is 2.99. The van der Waals surface area contributed by atoms with Crippen LogP contribution < -0.4 is 10.1 Å². The van der Waals surface area contributed by atoms with Crippen molar-refractivity contribution in [3.05, 3.63) is 65.7 Å². The normalized spacial score (nSPS) is 18.9. The molecule has 5 nitrogen and oxygen atoms in total. The number of carboxylic acid groups (broad SMARTS) is 1. The molecule has 0 heterocycles. The molecule has 0 spiro atoms. The summed E-state index contributed by atoms with van der Waals surface area (Å²) in [6, 6.07) is 17.4. The Balaban J connectivity index is 1.52. The highest BCUT2D eigenvalue weighted by Crippen LogP contribution is 2.33. The molecule has 5 heteroatoms. The number of benzene rings is 2. The van der Waals surface area contributed by atoms with Crippen molar-refractivity contribution < 1.29 is 19.4 Å². The third-order valence-electron chi connectivity index (χ3n) is 4.57. The molecule has 1 amide bonds. The van der Waals surface area contributed by atoms with Gasteiger partial charge in [-0.25, -0.2) is 0 Å². The van der Waals surface area contributed by atoms with Crippen molar-refractivity contribution in [2.45, 2.75) is 26.0 Å². The van der Waals surface area contributed by atoms with Gasteiger partial charge in [-0.15, -0.1) is 0 Å². The first-order valence-electron chi connectivity index (χ1n) is 8.38. The molecule has 1 aliphatic rings. The average Bonchev–Trinajstić information content (AvgIpc) is 2.58. The number of carbonyl (C=O) groups excluding carboxylic acids is 1. The molecule has 2 aromatic carbocycles. The number of hydrogen-bond donors (Lipinski definition) is 2. The van der Waals surface area contributed by atoms with Crippen LogP contribution in [0.3, 0.4) is 0 Å². The Kier molecular flexibility index (Phi) is 5.33. The van der Waals surface area contributed by atoms with Gasteiger partial charge in [0.2, 0.25) is 5.91 Å². The van der Waals surface area contributed by atoms with E-state index in [9.17, 15) is 9.59 Å². The fraction of sp³-hybridized carbons (Fsp3) is 0.300. The molecule has 1 fully saturated rings. The van der Waals surface area contributed by atoms with Crippen LogP contribution >= 0.6 is 0 Å². The molecule has 2 N–H and O–H groups in total. The lowest BCUT2D eigenvalue weighted by atomic mass is 9.74. The summed E-state index contributed by atoms with van der Waals surface area (Å²) in [5.74, 6) is -0.643. The zero-order chi connectivity index (χ0) is 17.6. The van der Waals surface area contributed by atoms with E-state index >= 15 is 0 Å². The SMILES string of the molecule is O=C(O)C1CC(C(=O)NCc2ccccc2COc2ccccc2)C1. The number of nitrogens with one attached hydrogen (secondary N) is 1. The van der Waals surface area contributed by atoms with Gasteiger partial charge in [0.1, 0.15) is 12.4 Å². The summed E-state index contributed by atoms with van der Waals surface area (Å²) in [6.45, 7) is 0.849. The van der Waals surface area contributed by atoms with E-state index in [1.807, 2.05) is 54.6 Å². The van der Waals surface area contributed by atoms with E-state index in [1.165, 1.54) is 0 Å². The fourth-order valence-electron chi connectivity index (χ4n) is 2.91. The van der Waals surface area contributed by atoms with Crippen molar-refractivity contribution in [3.8, 4) is 5.75 Å². The lowest BCUT2D eigenvalue weighted by molar-refractivity contribution is -0.148. The molecular formula is C20H21NO4. The number of carbonyl (C=O) groups is 2. The Morgan fingerprint density at radius 2 is 1.60 bits per heavy atom. The lowest BCUT2D eigenvalue weighted by Crippen LogP contribution is -2.41. The first-order chi connectivity index (χ1) is 12.1. The van der Waals surface area contributed by atoms with Gasteiger partial charge >= 0.3 is 5.97 Å². The quantitative estimate of drug-likeness (QED) is 0.813. The minimum Gasteiger partial charge on any atom is -0.489 e. The largest absolute Gasteiger partial charge is 0.489 e. The molecular weight excluding hydrogens is 318 g/mol. The predicted molar refractivity (Wildman–Crippen MR) is 92.9 cm³/mol. The number of hydrogen-bond acceptors (Lipinski definition) is 3. The van der Waals surface area contributed by atoms with E-state index in [1.54, 1.807) is 0 Å². The van der Waals surface area contributed by atoms with Gasteiger partial charge < -0.3 is 15.2 Å². The highest BCUT2D eigenvalue weighted by molar-refractivity contribution is 5.82. The fourth-order valence-corrected chi connectivity index (χ4v) is 2.91. The number of aliphatic carboxylic acids is 1. The van der Waals surface area contributed by atoms with Gasteiger partial charge in [0.25, 0.3) is 0 Å². The van der Waals surface area contributed by atoms with E-state index in [0.29, 0.717) is 26.0 Å². The first-order valence-corrected chi connectivity index (χ1v) is 8.38.